The molecule has 1 saturated heterocycles. The Morgan fingerprint density at radius 2 is 1.12 bits per heavy atom. The number of aromatic nitrogens is 3. The number of H-pyrrole nitrogens is 2. The number of hydrogen-bond acceptors (Lipinski definition) is 21. The molecule has 0 saturated carbocycles. The summed E-state index contributed by atoms with van der Waals surface area (Å²) >= 11 is 0. The zero-order valence-corrected chi connectivity index (χ0v) is 67.2. The molecule has 0 spiro atoms. The second-order valence-corrected chi connectivity index (χ2v) is 29.4. The number of phenols is 1. The number of phenolic OH excluding ortho intramolecular Hbond substituents is 1. The highest BCUT2D eigenvalue weighted by molar-refractivity contribution is 6.01. The molecule has 14 amide bonds. The van der Waals surface area contributed by atoms with Crippen LogP contribution in [-0.4, -0.2) is 247 Å². The van der Waals surface area contributed by atoms with E-state index in [-0.39, 0.29) is 88.4 Å². The molecular formula is C79H113N21O19. The lowest BCUT2D eigenvalue weighted by atomic mass is 9.91. The predicted molar refractivity (Wildman–Crippen MR) is 432 cm³/mol. The number of imidazole rings is 1. The number of fused-ring (bicyclic) bond motifs is 1. The van der Waals surface area contributed by atoms with Gasteiger partial charge in [0.1, 0.15) is 78.3 Å². The third-order valence-electron chi connectivity index (χ3n) is 19.9. The van der Waals surface area contributed by atoms with Gasteiger partial charge in [-0.1, -0.05) is 101 Å². The van der Waals surface area contributed by atoms with Crippen LogP contribution in [0.2, 0.25) is 0 Å². The fourth-order valence-corrected chi connectivity index (χ4v) is 13.4. The summed E-state index contributed by atoms with van der Waals surface area (Å²) in [5.74, 6) is -16.1. The maximum Gasteiger partial charge on any atom is 0.303 e. The number of rotatable bonds is 50. The maximum atomic E-state index is 15.4. The van der Waals surface area contributed by atoms with Gasteiger partial charge in [0, 0.05) is 74.9 Å². The van der Waals surface area contributed by atoms with Crippen molar-refractivity contribution in [2.24, 2.45) is 23.1 Å². The largest absolute Gasteiger partial charge is 0.508 e. The molecule has 0 radical (unpaired) electrons. The number of hydrogen-bond donors (Lipinski definition) is 23. The number of nitrogens with zero attached hydrogens (tertiary/aromatic N) is 2. The van der Waals surface area contributed by atoms with Gasteiger partial charge in [-0.05, 0) is 105 Å². The van der Waals surface area contributed by atoms with Gasteiger partial charge in [0.05, 0.1) is 31.8 Å². The molecule has 6 rings (SSSR count). The van der Waals surface area contributed by atoms with E-state index in [4.69, 9.17) is 22.6 Å². The fraction of sp³-hybridized carbons (Fsp3) is 0.506. The maximum absolute atomic E-state index is 15.4. The van der Waals surface area contributed by atoms with Crippen molar-refractivity contribution in [3.63, 3.8) is 0 Å². The van der Waals surface area contributed by atoms with E-state index < -0.39 is 212 Å². The van der Waals surface area contributed by atoms with E-state index in [2.05, 4.69) is 84.1 Å². The number of amides is 14. The molecule has 3 heterocycles. The number of aliphatic hydroxyl groups is 2. The number of aromatic amines is 2. The third kappa shape index (κ3) is 30.4. The Bertz CT molecular complexity index is 4280. The van der Waals surface area contributed by atoms with Crippen molar-refractivity contribution in [2.75, 3.05) is 39.4 Å². The van der Waals surface area contributed by atoms with Gasteiger partial charge in [0.25, 0.3) is 0 Å². The van der Waals surface area contributed by atoms with E-state index in [0.717, 1.165) is 6.92 Å². The third-order valence-corrected chi connectivity index (χ3v) is 19.9. The minimum absolute atomic E-state index is 0.00796. The fourth-order valence-electron chi connectivity index (χ4n) is 13.4. The van der Waals surface area contributed by atoms with Gasteiger partial charge in [0.2, 0.25) is 82.7 Å². The van der Waals surface area contributed by atoms with Crippen LogP contribution in [0.3, 0.4) is 0 Å². The molecule has 1 aliphatic heterocycles. The molecule has 40 nitrogen and oxygen atoms in total. The summed E-state index contributed by atoms with van der Waals surface area (Å²) in [6.07, 6.45) is 4.00. The van der Waals surface area contributed by atoms with E-state index in [0.29, 0.717) is 53.3 Å². The molecule has 2 aromatic heterocycles. The average Bonchev–Trinajstić information content (AvgIpc) is 1.74. The number of carbonyl (C=O) groups excluding carboxylic acids is 14. The van der Waals surface area contributed by atoms with Gasteiger partial charge in [-0.15, -0.1) is 0 Å². The van der Waals surface area contributed by atoms with Crippen LogP contribution < -0.4 is 86.3 Å². The van der Waals surface area contributed by atoms with Crippen LogP contribution in [0.1, 0.15) is 140 Å². The Morgan fingerprint density at radius 3 is 1.70 bits per heavy atom. The summed E-state index contributed by atoms with van der Waals surface area (Å²) in [5.41, 5.74) is 19.3. The standard InChI is InChI=1S/C79H113N21O19/c1-6-7-20-53(91-75(116)61(41-102)97-72(113)57(34-46-25-27-50(104)28-26-46)94-74(115)60(40-101)89-45(5)103)69(110)92-55(29-30-64(106)107)71(112)96-59(36-49-38-84-42-88-49)73(114)99-66(44(4)47-17-9-8-10-18-47)77(118)93-54(23-15-32-85-79(82)83)70(111)95-58(35-48-37-86-52-21-12-11-19-51(48)52)68(109)87-39-63(105)90-56(22-13-14-31-80)78(119)100-33-16-24-62(100)76(117)98-65(43(2)3)67(81)108/h8-12,17-19,21,25-28,37-38,42-44,53-62,65-66,86,101-102,104H,6-7,13-16,20,22-24,29-36,39-41,80H2,1-5H3,(H2,81,108)(H,84,88)(H,87,109)(H,89,103)(H,90,105)(H,91,116)(H,92,110)(H,93,118)(H,94,115)(H,95,111)(H,96,112)(H,97,113)(H,98,117)(H,99,114)(H,106,107)(H4,82,83,85)/t44-,53+,54+,55+,56+,57+,58+,59+,60+,61+,62+,65+,66-/m1/s1. The van der Waals surface area contributed by atoms with Crippen molar-refractivity contribution in [3.05, 3.63) is 120 Å². The lowest BCUT2D eigenvalue weighted by molar-refractivity contribution is -0.142. The molecule has 0 aliphatic carbocycles. The first-order chi connectivity index (χ1) is 56.7. The number of carbonyl (C=O) groups is 15. The molecular weight excluding hydrogens is 1550 g/mol. The number of aromatic hydroxyl groups is 1. The highest BCUT2D eigenvalue weighted by Gasteiger charge is 2.41. The van der Waals surface area contributed by atoms with Gasteiger partial charge >= 0.3 is 5.97 Å². The van der Waals surface area contributed by atoms with Crippen LogP contribution >= 0.6 is 0 Å². The first kappa shape index (κ1) is 95.3. The molecule has 3 aromatic carbocycles. The molecule has 119 heavy (non-hydrogen) atoms. The minimum Gasteiger partial charge on any atom is -0.508 e. The lowest BCUT2D eigenvalue weighted by Gasteiger charge is -2.30. The topological polar surface area (TPSA) is 643 Å². The van der Waals surface area contributed by atoms with Gasteiger partial charge < -0.3 is 122 Å². The number of aliphatic hydroxyl groups excluding tert-OH is 2. The van der Waals surface area contributed by atoms with Gasteiger partial charge in [0.15, 0.2) is 5.96 Å². The molecule has 5 aromatic rings. The van der Waals surface area contributed by atoms with Crippen molar-refractivity contribution in [1.82, 2.24) is 89.0 Å². The van der Waals surface area contributed by atoms with Gasteiger partial charge in [-0.3, -0.25) is 77.3 Å². The Kier molecular flexibility index (Phi) is 38.6. The number of primary amides is 1. The first-order valence-electron chi connectivity index (χ1n) is 39.5. The highest BCUT2D eigenvalue weighted by atomic mass is 16.4. The summed E-state index contributed by atoms with van der Waals surface area (Å²) in [4.78, 5) is 221. The monoisotopic (exact) mass is 1660 g/mol. The predicted octanol–water partition coefficient (Wildman–Crippen LogP) is -3.54. The Labute approximate surface area is 687 Å². The smallest absolute Gasteiger partial charge is 0.303 e. The normalized spacial score (nSPS) is 15.5. The number of carboxylic acids is 1. The zero-order chi connectivity index (χ0) is 87.4. The van der Waals surface area contributed by atoms with Crippen molar-refractivity contribution in [1.29, 1.82) is 5.41 Å². The van der Waals surface area contributed by atoms with Gasteiger partial charge in [-0.2, -0.15) is 0 Å². The summed E-state index contributed by atoms with van der Waals surface area (Å²) in [6.45, 7) is 5.54. The highest BCUT2D eigenvalue weighted by Crippen LogP contribution is 2.25. The number of aliphatic carboxylic acids is 1. The quantitative estimate of drug-likeness (QED) is 0.0102. The van der Waals surface area contributed by atoms with Crippen molar-refractivity contribution < 1.29 is 92.3 Å². The van der Waals surface area contributed by atoms with Crippen LogP contribution in [0.4, 0.5) is 0 Å². The van der Waals surface area contributed by atoms with Crippen LogP contribution in [0.25, 0.3) is 10.9 Å². The van der Waals surface area contributed by atoms with Crippen molar-refractivity contribution in [2.45, 2.75) is 209 Å². The Morgan fingerprint density at radius 1 is 0.571 bits per heavy atom. The molecule has 1 aliphatic rings. The second-order valence-electron chi connectivity index (χ2n) is 29.4. The number of likely N-dealkylation sites (tertiary alicyclic amines) is 1. The summed E-state index contributed by atoms with van der Waals surface area (Å²) in [6, 6.07) is 2.97. The van der Waals surface area contributed by atoms with Crippen LogP contribution in [0.5, 0.6) is 5.75 Å². The summed E-state index contributed by atoms with van der Waals surface area (Å²) < 4.78 is 0. The lowest BCUT2D eigenvalue weighted by Crippen LogP contribution is -2.61. The average molecular weight is 1660 g/mol. The number of nitrogens with one attached hydrogen (secondary N) is 16. The molecule has 40 heteroatoms. The molecule has 1 fully saturated rings. The molecule has 0 bridgehead atoms. The zero-order valence-electron chi connectivity index (χ0n) is 67.2. The number of nitrogens with two attached hydrogens (primary N) is 3. The molecule has 648 valence electrons. The Balaban J connectivity index is 1.27. The van der Waals surface area contributed by atoms with Crippen molar-refractivity contribution >= 4 is 106 Å². The van der Waals surface area contributed by atoms with Crippen LogP contribution in [0.15, 0.2) is 97.6 Å². The molecule has 0 unspecified atom stereocenters. The van der Waals surface area contributed by atoms with Crippen LogP contribution in [0, 0.1) is 11.3 Å². The van der Waals surface area contributed by atoms with E-state index in [1.54, 1.807) is 88.5 Å². The van der Waals surface area contributed by atoms with Crippen molar-refractivity contribution in [3.8, 4) is 5.75 Å². The number of guanidine groups is 1. The molecule has 26 N–H and O–H groups in total. The van der Waals surface area contributed by atoms with E-state index >= 15 is 14.4 Å². The summed E-state index contributed by atoms with van der Waals surface area (Å²) in [7, 11) is 0. The number of para-hydroxylation sites is 1. The first-order valence-corrected chi connectivity index (χ1v) is 39.5. The summed E-state index contributed by atoms with van der Waals surface area (Å²) in [5, 5.41) is 82.1. The molecule has 13 atom stereocenters. The van der Waals surface area contributed by atoms with E-state index in [1.165, 1.54) is 41.7 Å². The minimum atomic E-state index is -1.83. The number of carboxylic acid groups (broad SMARTS) is 1. The van der Waals surface area contributed by atoms with Crippen LogP contribution in [-0.2, 0) is 91.2 Å². The Hall–Kier alpha value is -12.6. The van der Waals surface area contributed by atoms with E-state index in [9.17, 15) is 78.0 Å². The number of unbranched alkanes of at least 4 members (excludes halogenated alkanes) is 2. The second kappa shape index (κ2) is 48.2. The van der Waals surface area contributed by atoms with Gasteiger partial charge in [-0.25, -0.2) is 4.98 Å². The van der Waals surface area contributed by atoms with E-state index in [1.807, 2.05) is 0 Å². The SMILES string of the molecule is CCCC[C@H](NC(=O)[C@H](CO)NC(=O)[C@H](Cc1ccc(O)cc1)NC(=O)[C@H](CO)NC(C)=O)C(=O)N[C@@H](CCC(=O)O)C(=O)N[C@@H](Cc1c[nH]cn1)C(=O)N[C@@H](C(=O)N[C@@H](CCCNC(=N)N)C(=O)N[C@@H](Cc1c[nH]c2ccccc12)C(=O)NCC(=O)N[C@@H](CCCCN)C(=O)N1CCC[C@H]1C(=O)N[C@H](C(N)=O)C(C)C)[C@H](C)c1ccccc1. The number of benzene rings is 3.